The Labute approximate surface area is 205 Å². The number of carboxylic acids is 1. The number of nitrogens with zero attached hydrogens (tertiary/aromatic N) is 2. The first-order valence-corrected chi connectivity index (χ1v) is 11.3. The molecule has 1 saturated heterocycles. The Morgan fingerprint density at radius 2 is 1.58 bits per heavy atom. The number of carboxylic acid groups (broad SMARTS) is 1. The molecule has 1 saturated carbocycles. The van der Waals surface area contributed by atoms with Gasteiger partial charge in [0.25, 0.3) is 5.97 Å². The summed E-state index contributed by atoms with van der Waals surface area (Å²) in [6, 6.07) is 1.04. The van der Waals surface area contributed by atoms with Gasteiger partial charge in [0.1, 0.15) is 6.10 Å². The lowest BCUT2D eigenvalue weighted by atomic mass is 9.92. The highest BCUT2D eigenvalue weighted by Gasteiger charge is 2.42. The fraction of sp³-hybridized carbons (Fsp3) is 0.682. The van der Waals surface area contributed by atoms with Crippen LogP contribution in [-0.4, -0.2) is 71.3 Å². The van der Waals surface area contributed by atoms with Crippen molar-refractivity contribution in [3.05, 3.63) is 17.6 Å². The normalized spacial score (nSPS) is 17.3. The van der Waals surface area contributed by atoms with Gasteiger partial charge in [0.2, 0.25) is 11.7 Å². The Kier molecular flexibility index (Phi) is 10.4. The van der Waals surface area contributed by atoms with Crippen molar-refractivity contribution in [2.24, 2.45) is 0 Å². The molecule has 2 heterocycles. The number of hydrogen-bond donors (Lipinski definition) is 1. The van der Waals surface area contributed by atoms with Crippen molar-refractivity contribution in [2.75, 3.05) is 26.4 Å². The highest BCUT2D eigenvalue weighted by Crippen LogP contribution is 2.37. The van der Waals surface area contributed by atoms with Gasteiger partial charge in [0.15, 0.2) is 11.7 Å². The number of halogens is 3. The first-order valence-electron chi connectivity index (χ1n) is 11.3. The van der Waals surface area contributed by atoms with Crippen molar-refractivity contribution in [3.63, 3.8) is 0 Å². The topological polar surface area (TPSA) is 143 Å². The molecular formula is C22H29F3N2O9. The number of ether oxygens (including phenoxy) is 5. The quantitative estimate of drug-likeness (QED) is 0.417. The third-order valence-electron chi connectivity index (χ3n) is 5.11. The number of carbonyl (C=O) groups excluding carboxylic acids is 2. The van der Waals surface area contributed by atoms with E-state index < -0.39 is 59.3 Å². The number of aromatic nitrogens is 2. The first kappa shape index (κ1) is 29.2. The van der Waals surface area contributed by atoms with Crippen LogP contribution in [0.2, 0.25) is 0 Å². The number of aliphatic carboxylic acids is 1. The van der Waals surface area contributed by atoms with Crippen molar-refractivity contribution >= 4 is 17.9 Å². The van der Waals surface area contributed by atoms with Crippen molar-refractivity contribution in [3.8, 4) is 5.88 Å². The molecular weight excluding hydrogens is 493 g/mol. The van der Waals surface area contributed by atoms with Gasteiger partial charge in [-0.25, -0.2) is 4.98 Å². The number of carbonyl (C=O) groups is 3. The van der Waals surface area contributed by atoms with Crippen LogP contribution in [0.5, 0.6) is 5.88 Å². The Morgan fingerprint density at radius 3 is 2.03 bits per heavy atom. The van der Waals surface area contributed by atoms with Crippen molar-refractivity contribution in [1.29, 1.82) is 0 Å². The lowest BCUT2D eigenvalue weighted by Gasteiger charge is -2.35. The maximum atomic E-state index is 13.4. The fourth-order valence-electron chi connectivity index (χ4n) is 3.67. The maximum absolute atomic E-state index is 13.4. The van der Waals surface area contributed by atoms with Crippen molar-refractivity contribution in [2.45, 2.75) is 70.4 Å². The van der Waals surface area contributed by atoms with E-state index in [4.69, 9.17) is 33.6 Å². The Hall–Kier alpha value is -3.00. The van der Waals surface area contributed by atoms with E-state index in [-0.39, 0.29) is 13.2 Å². The second kappa shape index (κ2) is 12.8. The average Bonchev–Trinajstić information content (AvgIpc) is 3.23. The smallest absolute Gasteiger partial charge is 0.451 e. The van der Waals surface area contributed by atoms with Crippen LogP contribution in [0.25, 0.3) is 0 Å². The Balaban J connectivity index is 0.00000106. The third-order valence-corrected chi connectivity index (χ3v) is 5.11. The molecule has 0 amide bonds. The lowest BCUT2D eigenvalue weighted by molar-refractivity contribution is -0.186. The SMILES string of the molecule is CC(=O)O.CCOC(=O)C(C(=O)OCC)c1cc(OC2CCC3(CC2)OCCO3)nc(C(F)(F)F)n1. The molecule has 1 N–H and O–H groups in total. The molecule has 0 unspecified atom stereocenters. The molecule has 2 aliphatic rings. The van der Waals surface area contributed by atoms with Gasteiger partial charge in [-0.1, -0.05) is 0 Å². The summed E-state index contributed by atoms with van der Waals surface area (Å²) in [7, 11) is 0. The molecule has 2 fully saturated rings. The number of hydrogen-bond acceptors (Lipinski definition) is 10. The molecule has 202 valence electrons. The van der Waals surface area contributed by atoms with Crippen LogP contribution < -0.4 is 4.74 Å². The van der Waals surface area contributed by atoms with Gasteiger partial charge >= 0.3 is 18.1 Å². The predicted octanol–water partition coefficient (Wildman–Crippen LogP) is 2.86. The van der Waals surface area contributed by atoms with Crippen LogP contribution >= 0.6 is 0 Å². The summed E-state index contributed by atoms with van der Waals surface area (Å²) < 4.78 is 67.0. The van der Waals surface area contributed by atoms with Gasteiger partial charge in [-0.15, -0.1) is 0 Å². The Morgan fingerprint density at radius 1 is 1.08 bits per heavy atom. The molecule has 36 heavy (non-hydrogen) atoms. The minimum atomic E-state index is -4.93. The zero-order chi connectivity index (χ0) is 26.9. The summed E-state index contributed by atoms with van der Waals surface area (Å²) in [6.07, 6.45) is -3.38. The van der Waals surface area contributed by atoms with E-state index in [2.05, 4.69) is 9.97 Å². The second-order valence-electron chi connectivity index (χ2n) is 7.83. The average molecular weight is 522 g/mol. The molecule has 3 rings (SSSR count). The maximum Gasteiger partial charge on any atom is 0.451 e. The van der Waals surface area contributed by atoms with E-state index in [0.717, 1.165) is 13.0 Å². The van der Waals surface area contributed by atoms with E-state index in [9.17, 15) is 22.8 Å². The van der Waals surface area contributed by atoms with E-state index in [1.807, 2.05) is 0 Å². The molecule has 1 aliphatic carbocycles. The monoisotopic (exact) mass is 522 g/mol. The summed E-state index contributed by atoms with van der Waals surface area (Å²) in [5.74, 6) is -7.35. The molecule has 1 spiro atoms. The molecule has 1 aromatic heterocycles. The zero-order valence-corrected chi connectivity index (χ0v) is 20.1. The summed E-state index contributed by atoms with van der Waals surface area (Å²) in [6.45, 7) is 4.93. The molecule has 0 bridgehead atoms. The number of alkyl halides is 3. The summed E-state index contributed by atoms with van der Waals surface area (Å²) in [5, 5.41) is 7.42. The van der Waals surface area contributed by atoms with Crippen LogP contribution in [0.3, 0.4) is 0 Å². The van der Waals surface area contributed by atoms with E-state index in [1.54, 1.807) is 0 Å². The summed E-state index contributed by atoms with van der Waals surface area (Å²) >= 11 is 0. The molecule has 0 radical (unpaired) electrons. The van der Waals surface area contributed by atoms with Crippen LogP contribution in [-0.2, 0) is 39.5 Å². The third kappa shape index (κ3) is 8.29. The minimum absolute atomic E-state index is 0.0801. The number of esters is 2. The van der Waals surface area contributed by atoms with Crippen LogP contribution in [0.1, 0.15) is 63.9 Å². The standard InChI is InChI=1S/C20H25F3N2O7.C2H4O2/c1-3-28-16(26)15(17(27)29-4-2)13-11-14(25-18(24-13)20(21,22)23)32-12-5-7-19(8-6-12)30-9-10-31-19;1-2(3)4/h11-12,15H,3-10H2,1-2H3;1H3,(H,3,4). The lowest BCUT2D eigenvalue weighted by Crippen LogP contribution is -2.38. The highest BCUT2D eigenvalue weighted by atomic mass is 19.4. The Bertz CT molecular complexity index is 889. The van der Waals surface area contributed by atoms with Crippen molar-refractivity contribution < 1.29 is 56.3 Å². The second-order valence-corrected chi connectivity index (χ2v) is 7.83. The first-order chi connectivity index (χ1) is 16.9. The molecule has 14 heteroatoms. The van der Waals surface area contributed by atoms with Crippen LogP contribution in [0.15, 0.2) is 6.07 Å². The molecule has 11 nitrogen and oxygen atoms in total. The predicted molar refractivity (Wildman–Crippen MR) is 114 cm³/mol. The van der Waals surface area contributed by atoms with Crippen LogP contribution in [0.4, 0.5) is 13.2 Å². The van der Waals surface area contributed by atoms with Gasteiger partial charge in [-0.05, 0) is 26.7 Å². The highest BCUT2D eigenvalue weighted by molar-refractivity contribution is 6.00. The fourth-order valence-corrected chi connectivity index (χ4v) is 3.67. The molecule has 0 atom stereocenters. The molecule has 1 aliphatic heterocycles. The largest absolute Gasteiger partial charge is 0.481 e. The van der Waals surface area contributed by atoms with E-state index in [0.29, 0.717) is 38.9 Å². The van der Waals surface area contributed by atoms with Gasteiger partial charge in [0, 0.05) is 25.8 Å². The number of rotatable bonds is 7. The molecule has 1 aromatic rings. The van der Waals surface area contributed by atoms with Crippen LogP contribution in [0, 0.1) is 0 Å². The van der Waals surface area contributed by atoms with Gasteiger partial charge in [0.05, 0.1) is 32.1 Å². The van der Waals surface area contributed by atoms with E-state index >= 15 is 0 Å². The summed E-state index contributed by atoms with van der Waals surface area (Å²) in [5.41, 5.74) is -0.506. The van der Waals surface area contributed by atoms with Crippen molar-refractivity contribution in [1.82, 2.24) is 9.97 Å². The van der Waals surface area contributed by atoms with Gasteiger partial charge < -0.3 is 28.8 Å². The van der Waals surface area contributed by atoms with Gasteiger partial charge in [-0.2, -0.15) is 18.2 Å². The zero-order valence-electron chi connectivity index (χ0n) is 20.1. The molecule has 0 aromatic carbocycles. The minimum Gasteiger partial charge on any atom is -0.481 e. The van der Waals surface area contributed by atoms with Gasteiger partial charge in [-0.3, -0.25) is 14.4 Å². The van der Waals surface area contributed by atoms with E-state index in [1.165, 1.54) is 13.8 Å². The summed E-state index contributed by atoms with van der Waals surface area (Å²) in [4.78, 5) is 40.5.